The predicted molar refractivity (Wildman–Crippen MR) is 48.4 cm³/mol. The third-order valence-corrected chi connectivity index (χ3v) is 2.15. The molecule has 13 heavy (non-hydrogen) atoms. The number of aliphatic hydroxyl groups is 1. The highest BCUT2D eigenvalue weighted by molar-refractivity contribution is 5.68. The highest BCUT2D eigenvalue weighted by Crippen LogP contribution is 2.13. The quantitative estimate of drug-likeness (QED) is 0.614. The minimum Gasteiger partial charge on any atom is -0.453 e. The third kappa shape index (κ3) is 2.45. The van der Waals surface area contributed by atoms with E-state index in [1.54, 1.807) is 11.8 Å². The van der Waals surface area contributed by atoms with E-state index in [-0.39, 0.29) is 6.09 Å². The van der Waals surface area contributed by atoms with E-state index in [0.29, 0.717) is 13.1 Å². The van der Waals surface area contributed by atoms with E-state index in [0.717, 1.165) is 12.0 Å². The van der Waals surface area contributed by atoms with Gasteiger partial charge < -0.3 is 14.7 Å². The number of nitrogens with zero attached hydrogens (tertiary/aromatic N) is 1. The Morgan fingerprint density at radius 3 is 3.00 bits per heavy atom. The Labute approximate surface area is 77.8 Å². The average molecular weight is 185 g/mol. The van der Waals surface area contributed by atoms with Crippen LogP contribution in [-0.2, 0) is 4.74 Å². The van der Waals surface area contributed by atoms with E-state index in [9.17, 15) is 9.90 Å². The Hall–Kier alpha value is -1.03. The Morgan fingerprint density at radius 1 is 1.77 bits per heavy atom. The van der Waals surface area contributed by atoms with Crippen molar-refractivity contribution in [1.82, 2.24) is 4.90 Å². The summed E-state index contributed by atoms with van der Waals surface area (Å²) in [5, 5.41) is 9.30. The van der Waals surface area contributed by atoms with E-state index >= 15 is 0 Å². The molecule has 0 spiro atoms. The normalized spacial score (nSPS) is 19.3. The van der Waals surface area contributed by atoms with Gasteiger partial charge in [0, 0.05) is 13.1 Å². The van der Waals surface area contributed by atoms with E-state index in [1.807, 2.05) is 6.08 Å². The zero-order chi connectivity index (χ0) is 9.84. The summed E-state index contributed by atoms with van der Waals surface area (Å²) in [6, 6.07) is 0. The summed E-state index contributed by atoms with van der Waals surface area (Å²) in [6.45, 7) is 2.85. The van der Waals surface area contributed by atoms with Crippen LogP contribution in [0.3, 0.4) is 0 Å². The van der Waals surface area contributed by atoms with Crippen LogP contribution >= 0.6 is 0 Å². The Morgan fingerprint density at radius 2 is 2.46 bits per heavy atom. The maximum absolute atomic E-state index is 11.1. The lowest BCUT2D eigenvalue weighted by molar-refractivity contribution is 0.121. The molecule has 74 valence electrons. The molecule has 4 heteroatoms. The van der Waals surface area contributed by atoms with Crippen LogP contribution in [0.1, 0.15) is 13.3 Å². The zero-order valence-corrected chi connectivity index (χ0v) is 7.99. The molecule has 0 aromatic rings. The Balaban J connectivity index is 2.57. The van der Waals surface area contributed by atoms with Crippen LogP contribution in [0.25, 0.3) is 0 Å². The van der Waals surface area contributed by atoms with Gasteiger partial charge in [0.2, 0.25) is 0 Å². The molecular formula is C9H15NO3. The molecule has 0 saturated carbocycles. The van der Waals surface area contributed by atoms with Gasteiger partial charge in [-0.25, -0.2) is 4.79 Å². The van der Waals surface area contributed by atoms with Crippen LogP contribution < -0.4 is 0 Å². The summed E-state index contributed by atoms with van der Waals surface area (Å²) in [5.74, 6) is 0. The van der Waals surface area contributed by atoms with Crippen molar-refractivity contribution in [2.45, 2.75) is 19.4 Å². The van der Waals surface area contributed by atoms with Crippen molar-refractivity contribution in [3.8, 4) is 0 Å². The summed E-state index contributed by atoms with van der Waals surface area (Å²) in [6.07, 6.45) is 1.96. The van der Waals surface area contributed by atoms with Gasteiger partial charge in [-0.15, -0.1) is 0 Å². The second-order valence-electron chi connectivity index (χ2n) is 3.14. The van der Waals surface area contributed by atoms with Gasteiger partial charge in [-0.05, 0) is 18.9 Å². The topological polar surface area (TPSA) is 49.8 Å². The SMILES string of the molecule is COC(=O)N1CCC=C([C@@H](C)O)C1. The van der Waals surface area contributed by atoms with Crippen LogP contribution in [0.5, 0.6) is 0 Å². The molecule has 0 aromatic heterocycles. The fraction of sp³-hybridized carbons (Fsp3) is 0.667. The minimum atomic E-state index is -0.479. The molecule has 0 bridgehead atoms. The third-order valence-electron chi connectivity index (χ3n) is 2.15. The minimum absolute atomic E-state index is 0.328. The lowest BCUT2D eigenvalue weighted by Crippen LogP contribution is -2.37. The smallest absolute Gasteiger partial charge is 0.409 e. The maximum atomic E-state index is 11.1. The zero-order valence-electron chi connectivity index (χ0n) is 7.99. The summed E-state index contributed by atoms with van der Waals surface area (Å²) in [4.78, 5) is 12.7. The fourth-order valence-corrected chi connectivity index (χ4v) is 1.36. The van der Waals surface area contributed by atoms with Gasteiger partial charge in [0.1, 0.15) is 0 Å². The number of methoxy groups -OCH3 is 1. The van der Waals surface area contributed by atoms with E-state index in [2.05, 4.69) is 4.74 Å². The van der Waals surface area contributed by atoms with Crippen LogP contribution in [0.15, 0.2) is 11.6 Å². The van der Waals surface area contributed by atoms with Gasteiger partial charge in [0.15, 0.2) is 0 Å². The number of hydrogen-bond donors (Lipinski definition) is 1. The molecule has 1 atom stereocenters. The van der Waals surface area contributed by atoms with Gasteiger partial charge in [-0.1, -0.05) is 6.08 Å². The van der Waals surface area contributed by atoms with Crippen LogP contribution in [0.4, 0.5) is 4.79 Å². The number of rotatable bonds is 1. The standard InChI is InChI=1S/C9H15NO3/c1-7(11)8-4-3-5-10(6-8)9(12)13-2/h4,7,11H,3,5-6H2,1-2H3/t7-/m1/s1. The number of aliphatic hydroxyl groups excluding tert-OH is 1. The van der Waals surface area contributed by atoms with Gasteiger partial charge in [-0.3, -0.25) is 0 Å². The molecule has 1 heterocycles. The lowest BCUT2D eigenvalue weighted by atomic mass is 10.1. The summed E-state index contributed by atoms with van der Waals surface area (Å²) in [5.41, 5.74) is 0.886. The van der Waals surface area contributed by atoms with Crippen LogP contribution in [0.2, 0.25) is 0 Å². The molecule has 0 saturated heterocycles. The number of amides is 1. The molecule has 0 aromatic carbocycles. The molecule has 1 aliphatic rings. The second-order valence-corrected chi connectivity index (χ2v) is 3.14. The molecule has 1 aliphatic heterocycles. The highest BCUT2D eigenvalue weighted by atomic mass is 16.5. The molecule has 1 rings (SSSR count). The number of carbonyl (C=O) groups excluding carboxylic acids is 1. The number of carbonyl (C=O) groups is 1. The second kappa shape index (κ2) is 4.28. The Kier molecular flexibility index (Phi) is 3.31. The van der Waals surface area contributed by atoms with E-state index in [1.165, 1.54) is 7.11 Å². The van der Waals surface area contributed by atoms with Crippen molar-refractivity contribution in [1.29, 1.82) is 0 Å². The first-order valence-electron chi connectivity index (χ1n) is 4.35. The van der Waals surface area contributed by atoms with E-state index in [4.69, 9.17) is 0 Å². The molecule has 0 unspecified atom stereocenters. The van der Waals surface area contributed by atoms with Crippen LogP contribution in [-0.4, -0.2) is 42.4 Å². The molecule has 1 amide bonds. The summed E-state index contributed by atoms with van der Waals surface area (Å²) < 4.78 is 4.60. The highest BCUT2D eigenvalue weighted by Gasteiger charge is 2.20. The van der Waals surface area contributed by atoms with Gasteiger partial charge in [0.25, 0.3) is 0 Å². The van der Waals surface area contributed by atoms with Crippen molar-refractivity contribution in [2.75, 3.05) is 20.2 Å². The van der Waals surface area contributed by atoms with Gasteiger partial charge >= 0.3 is 6.09 Å². The average Bonchev–Trinajstić information content (AvgIpc) is 2.17. The van der Waals surface area contributed by atoms with Gasteiger partial charge in [-0.2, -0.15) is 0 Å². The molecule has 1 N–H and O–H groups in total. The monoisotopic (exact) mass is 185 g/mol. The first kappa shape index (κ1) is 10.1. The number of ether oxygens (including phenoxy) is 1. The van der Waals surface area contributed by atoms with Crippen molar-refractivity contribution >= 4 is 6.09 Å². The van der Waals surface area contributed by atoms with Crippen LogP contribution in [0, 0.1) is 0 Å². The predicted octanol–water partition coefficient (Wildman–Crippen LogP) is 0.766. The van der Waals surface area contributed by atoms with E-state index < -0.39 is 6.10 Å². The molecular weight excluding hydrogens is 170 g/mol. The lowest BCUT2D eigenvalue weighted by Gasteiger charge is -2.27. The fourth-order valence-electron chi connectivity index (χ4n) is 1.36. The molecule has 0 radical (unpaired) electrons. The first-order chi connectivity index (χ1) is 6.15. The van der Waals surface area contributed by atoms with Crippen molar-refractivity contribution in [3.05, 3.63) is 11.6 Å². The Bertz CT molecular complexity index is 223. The number of hydrogen-bond acceptors (Lipinski definition) is 3. The largest absolute Gasteiger partial charge is 0.453 e. The van der Waals surface area contributed by atoms with Crippen molar-refractivity contribution in [3.63, 3.8) is 0 Å². The molecule has 0 fully saturated rings. The van der Waals surface area contributed by atoms with Crippen molar-refractivity contribution < 1.29 is 14.6 Å². The van der Waals surface area contributed by atoms with Gasteiger partial charge in [0.05, 0.1) is 13.2 Å². The van der Waals surface area contributed by atoms with Crippen molar-refractivity contribution in [2.24, 2.45) is 0 Å². The summed E-state index contributed by atoms with van der Waals surface area (Å²) in [7, 11) is 1.36. The first-order valence-corrected chi connectivity index (χ1v) is 4.35. The summed E-state index contributed by atoms with van der Waals surface area (Å²) >= 11 is 0. The maximum Gasteiger partial charge on any atom is 0.409 e. The molecule has 4 nitrogen and oxygen atoms in total. The molecule has 0 aliphatic carbocycles.